The Kier molecular flexibility index (Phi) is 4.13. The zero-order chi connectivity index (χ0) is 12.1. The summed E-state index contributed by atoms with van der Waals surface area (Å²) in [6.07, 6.45) is 3.44. The molecule has 1 heterocycles. The first kappa shape index (κ1) is 12.1. The third-order valence-corrected chi connectivity index (χ3v) is 3.47. The van der Waals surface area contributed by atoms with Gasteiger partial charge in [-0.2, -0.15) is 5.26 Å². The van der Waals surface area contributed by atoms with Crippen LogP contribution in [0.15, 0.2) is 24.3 Å². The number of hydrogen-bond donors (Lipinski definition) is 1. The van der Waals surface area contributed by atoms with Crippen molar-refractivity contribution in [2.45, 2.75) is 31.8 Å². The lowest BCUT2D eigenvalue weighted by atomic mass is 10.0. The number of nitriles is 1. The van der Waals surface area contributed by atoms with Gasteiger partial charge in [-0.15, -0.1) is 0 Å². The van der Waals surface area contributed by atoms with Crippen molar-refractivity contribution in [3.05, 3.63) is 35.4 Å². The smallest absolute Gasteiger partial charge is 0.0995 e. The molecular formula is C14H18N2O. The van der Waals surface area contributed by atoms with Gasteiger partial charge in [0.1, 0.15) is 0 Å². The summed E-state index contributed by atoms with van der Waals surface area (Å²) in [4.78, 5) is 2.29. The molecule has 0 aromatic heterocycles. The average molecular weight is 230 g/mol. The maximum Gasteiger partial charge on any atom is 0.0995 e. The molecule has 1 aliphatic rings. The van der Waals surface area contributed by atoms with Crippen molar-refractivity contribution in [3.63, 3.8) is 0 Å². The second-order valence-electron chi connectivity index (χ2n) is 4.57. The van der Waals surface area contributed by atoms with Crippen molar-refractivity contribution in [1.82, 2.24) is 4.90 Å². The number of hydrogen-bond acceptors (Lipinski definition) is 3. The molecular weight excluding hydrogens is 212 g/mol. The minimum atomic E-state index is 0.217. The van der Waals surface area contributed by atoms with Crippen LogP contribution in [0.5, 0.6) is 0 Å². The van der Waals surface area contributed by atoms with Crippen LogP contribution in [0.3, 0.4) is 0 Å². The zero-order valence-corrected chi connectivity index (χ0v) is 9.97. The van der Waals surface area contributed by atoms with Crippen LogP contribution in [-0.2, 0) is 6.54 Å². The number of rotatable bonds is 3. The lowest BCUT2D eigenvalue weighted by molar-refractivity contribution is 0.0840. The molecule has 2 rings (SSSR count). The van der Waals surface area contributed by atoms with Crippen LogP contribution in [-0.4, -0.2) is 29.2 Å². The van der Waals surface area contributed by atoms with Crippen LogP contribution in [0.2, 0.25) is 0 Å². The molecule has 3 heteroatoms. The number of nitrogens with zero attached hydrogens (tertiary/aromatic N) is 2. The van der Waals surface area contributed by atoms with Crippen LogP contribution >= 0.6 is 0 Å². The van der Waals surface area contributed by atoms with Crippen LogP contribution in [0, 0.1) is 11.3 Å². The van der Waals surface area contributed by atoms with Gasteiger partial charge in [-0.3, -0.25) is 4.90 Å². The maximum absolute atomic E-state index is 9.36. The SMILES string of the molecule is N#Cc1ccccc1CN1CCCCC1CO. The molecule has 0 amide bonds. The highest BCUT2D eigenvalue weighted by Crippen LogP contribution is 2.20. The Bertz CT molecular complexity index is 411. The van der Waals surface area contributed by atoms with E-state index < -0.39 is 0 Å². The number of aliphatic hydroxyl groups excluding tert-OH is 1. The van der Waals surface area contributed by atoms with Gasteiger partial charge in [-0.25, -0.2) is 0 Å². The summed E-state index contributed by atoms with van der Waals surface area (Å²) in [6.45, 7) is 2.01. The lowest BCUT2D eigenvalue weighted by Crippen LogP contribution is -2.41. The summed E-state index contributed by atoms with van der Waals surface area (Å²) in [5.74, 6) is 0. The van der Waals surface area contributed by atoms with Gasteiger partial charge in [0.15, 0.2) is 0 Å². The molecule has 90 valence electrons. The fourth-order valence-electron chi connectivity index (χ4n) is 2.46. The first-order valence-corrected chi connectivity index (χ1v) is 6.18. The van der Waals surface area contributed by atoms with Crippen LogP contribution in [0.1, 0.15) is 30.4 Å². The molecule has 1 atom stereocenters. The zero-order valence-electron chi connectivity index (χ0n) is 9.97. The lowest BCUT2D eigenvalue weighted by Gasteiger charge is -2.34. The highest BCUT2D eigenvalue weighted by atomic mass is 16.3. The van der Waals surface area contributed by atoms with E-state index in [1.807, 2.05) is 24.3 Å². The second kappa shape index (κ2) is 5.81. The first-order valence-electron chi connectivity index (χ1n) is 6.18. The quantitative estimate of drug-likeness (QED) is 0.862. The Hall–Kier alpha value is -1.37. The van der Waals surface area contributed by atoms with E-state index >= 15 is 0 Å². The van der Waals surface area contributed by atoms with E-state index in [1.54, 1.807) is 0 Å². The molecule has 1 aliphatic heterocycles. The van der Waals surface area contributed by atoms with Gasteiger partial charge in [0.25, 0.3) is 0 Å². The van der Waals surface area contributed by atoms with Crippen LogP contribution < -0.4 is 0 Å². The number of benzene rings is 1. The standard InChI is InChI=1S/C14H18N2O/c15-9-12-5-1-2-6-13(12)10-16-8-4-3-7-14(16)11-17/h1-2,5-6,14,17H,3-4,7-8,10-11H2. The van der Waals surface area contributed by atoms with Gasteiger partial charge < -0.3 is 5.11 Å². The minimum Gasteiger partial charge on any atom is -0.395 e. The normalized spacial score (nSPS) is 21.1. The molecule has 1 unspecified atom stereocenters. The molecule has 0 saturated carbocycles. The molecule has 1 N–H and O–H groups in total. The Labute approximate surface area is 102 Å². The summed E-state index contributed by atoms with van der Waals surface area (Å²) in [7, 11) is 0. The summed E-state index contributed by atoms with van der Waals surface area (Å²) < 4.78 is 0. The Morgan fingerprint density at radius 2 is 2.18 bits per heavy atom. The van der Waals surface area contributed by atoms with Crippen molar-refractivity contribution < 1.29 is 5.11 Å². The van der Waals surface area contributed by atoms with Crippen molar-refractivity contribution in [2.24, 2.45) is 0 Å². The molecule has 0 aliphatic carbocycles. The van der Waals surface area contributed by atoms with E-state index in [9.17, 15) is 5.11 Å². The molecule has 17 heavy (non-hydrogen) atoms. The van der Waals surface area contributed by atoms with E-state index in [0.717, 1.165) is 30.6 Å². The fourth-order valence-corrected chi connectivity index (χ4v) is 2.46. The summed E-state index contributed by atoms with van der Waals surface area (Å²) in [6, 6.07) is 10.2. The fraction of sp³-hybridized carbons (Fsp3) is 0.500. The number of piperidine rings is 1. The Morgan fingerprint density at radius 3 is 2.94 bits per heavy atom. The van der Waals surface area contributed by atoms with Crippen LogP contribution in [0.4, 0.5) is 0 Å². The third-order valence-electron chi connectivity index (χ3n) is 3.47. The molecule has 1 fully saturated rings. The Balaban J connectivity index is 2.11. The molecule has 1 saturated heterocycles. The first-order chi connectivity index (χ1) is 8.35. The van der Waals surface area contributed by atoms with E-state index in [0.29, 0.717) is 0 Å². The summed E-state index contributed by atoms with van der Waals surface area (Å²) >= 11 is 0. The van der Waals surface area contributed by atoms with Crippen LogP contribution in [0.25, 0.3) is 0 Å². The molecule has 3 nitrogen and oxygen atoms in total. The maximum atomic E-state index is 9.36. The van der Waals surface area contributed by atoms with Crippen molar-refractivity contribution in [3.8, 4) is 6.07 Å². The van der Waals surface area contributed by atoms with E-state index in [4.69, 9.17) is 5.26 Å². The van der Waals surface area contributed by atoms with Gasteiger partial charge in [-0.1, -0.05) is 24.6 Å². The monoisotopic (exact) mass is 230 g/mol. The highest BCUT2D eigenvalue weighted by molar-refractivity contribution is 5.37. The third kappa shape index (κ3) is 2.85. The van der Waals surface area contributed by atoms with Gasteiger partial charge in [0.2, 0.25) is 0 Å². The molecule has 0 radical (unpaired) electrons. The summed E-state index contributed by atoms with van der Waals surface area (Å²) in [5.41, 5.74) is 1.81. The second-order valence-corrected chi connectivity index (χ2v) is 4.57. The van der Waals surface area contributed by atoms with Crippen molar-refractivity contribution >= 4 is 0 Å². The van der Waals surface area contributed by atoms with Gasteiger partial charge >= 0.3 is 0 Å². The molecule has 0 spiro atoms. The predicted octanol–water partition coefficient (Wildman–Crippen LogP) is 1.91. The van der Waals surface area contributed by atoms with E-state index in [2.05, 4.69) is 11.0 Å². The average Bonchev–Trinajstić information content (AvgIpc) is 2.40. The van der Waals surface area contributed by atoms with E-state index in [-0.39, 0.29) is 12.6 Å². The van der Waals surface area contributed by atoms with Crippen molar-refractivity contribution in [1.29, 1.82) is 5.26 Å². The molecule has 1 aromatic rings. The molecule has 0 bridgehead atoms. The molecule has 1 aromatic carbocycles. The minimum absolute atomic E-state index is 0.217. The number of aliphatic hydroxyl groups is 1. The highest BCUT2D eigenvalue weighted by Gasteiger charge is 2.22. The van der Waals surface area contributed by atoms with Gasteiger partial charge in [0.05, 0.1) is 18.2 Å². The number of likely N-dealkylation sites (tertiary alicyclic amines) is 1. The van der Waals surface area contributed by atoms with Gasteiger partial charge in [0, 0.05) is 12.6 Å². The predicted molar refractivity (Wildman–Crippen MR) is 66.3 cm³/mol. The van der Waals surface area contributed by atoms with E-state index in [1.165, 1.54) is 12.8 Å². The van der Waals surface area contributed by atoms with Gasteiger partial charge in [-0.05, 0) is 31.0 Å². The topological polar surface area (TPSA) is 47.3 Å². The Morgan fingerprint density at radius 1 is 1.35 bits per heavy atom. The van der Waals surface area contributed by atoms with Crippen molar-refractivity contribution in [2.75, 3.05) is 13.2 Å². The summed E-state index contributed by atoms with van der Waals surface area (Å²) in [5, 5.41) is 18.4. The largest absolute Gasteiger partial charge is 0.395 e.